The molecule has 152 valence electrons. The predicted molar refractivity (Wildman–Crippen MR) is 116 cm³/mol. The second-order valence-corrected chi connectivity index (χ2v) is 9.20. The Hall–Kier alpha value is -2.10. The number of nitrogens with zero attached hydrogens (tertiary/aromatic N) is 1. The molecule has 0 bridgehead atoms. The van der Waals surface area contributed by atoms with Crippen molar-refractivity contribution in [2.24, 2.45) is 28.7 Å². The molecule has 1 aromatic rings. The lowest BCUT2D eigenvalue weighted by Crippen LogP contribution is -2.30. The van der Waals surface area contributed by atoms with Crippen LogP contribution in [0.5, 0.6) is 0 Å². The summed E-state index contributed by atoms with van der Waals surface area (Å²) >= 11 is 0. The molecule has 1 aliphatic heterocycles. The van der Waals surface area contributed by atoms with Crippen molar-refractivity contribution in [2.75, 3.05) is 0 Å². The molecule has 28 heavy (non-hydrogen) atoms. The number of hydrogen-bond donors (Lipinski definition) is 2. The third-order valence-corrected chi connectivity index (χ3v) is 6.99. The van der Waals surface area contributed by atoms with Gasteiger partial charge in [0.25, 0.3) is 0 Å². The summed E-state index contributed by atoms with van der Waals surface area (Å²) in [5.74, 6) is 2.14. The molecule has 2 atom stereocenters. The Labute approximate surface area is 168 Å². The maximum Gasteiger partial charge on any atom is 0.337 e. The predicted octanol–water partition coefficient (Wildman–Crippen LogP) is 5.71. The van der Waals surface area contributed by atoms with E-state index in [0.717, 1.165) is 47.1 Å². The average molecular weight is 383 g/mol. The van der Waals surface area contributed by atoms with E-state index >= 15 is 0 Å². The van der Waals surface area contributed by atoms with Crippen molar-refractivity contribution in [3.63, 3.8) is 0 Å². The molecule has 4 nitrogen and oxygen atoms in total. The van der Waals surface area contributed by atoms with Gasteiger partial charge in [-0.05, 0) is 93.4 Å². The number of allylic oxidation sites excluding steroid dienone is 1. The summed E-state index contributed by atoms with van der Waals surface area (Å²) in [4.78, 5) is 19.5. The highest BCUT2D eigenvalue weighted by atomic mass is 16.4. The largest absolute Gasteiger partial charge is 0.478 e. The van der Waals surface area contributed by atoms with E-state index in [9.17, 15) is 9.90 Å². The van der Waals surface area contributed by atoms with Crippen molar-refractivity contribution in [3.8, 4) is 0 Å². The highest BCUT2D eigenvalue weighted by molar-refractivity contribution is 6.21. The third kappa shape index (κ3) is 3.74. The minimum atomic E-state index is -0.906. The van der Waals surface area contributed by atoms with Crippen LogP contribution >= 0.6 is 0 Å². The highest BCUT2D eigenvalue weighted by Crippen LogP contribution is 2.40. The minimum Gasteiger partial charge on any atom is -0.478 e. The first-order chi connectivity index (χ1) is 13.1. The number of aromatic amines is 1. The smallest absolute Gasteiger partial charge is 0.337 e. The van der Waals surface area contributed by atoms with E-state index in [4.69, 9.17) is 0 Å². The molecule has 0 radical (unpaired) electrons. The quantitative estimate of drug-likeness (QED) is 0.700. The topological polar surface area (TPSA) is 65.5 Å². The van der Waals surface area contributed by atoms with Gasteiger partial charge in [0, 0.05) is 11.4 Å². The van der Waals surface area contributed by atoms with E-state index in [2.05, 4.69) is 44.6 Å². The molecule has 2 unspecified atom stereocenters. The molecule has 0 saturated heterocycles. The molecule has 1 fully saturated rings. The molecule has 1 aromatic heterocycles. The lowest BCUT2D eigenvalue weighted by molar-refractivity contribution is -0.132. The first-order valence-corrected chi connectivity index (χ1v) is 10.5. The molecule has 3 rings (SSSR count). The van der Waals surface area contributed by atoms with E-state index < -0.39 is 5.97 Å². The van der Waals surface area contributed by atoms with E-state index in [0.29, 0.717) is 11.3 Å². The van der Waals surface area contributed by atoms with Crippen LogP contribution in [-0.2, 0) is 11.2 Å². The third-order valence-electron chi connectivity index (χ3n) is 6.99. The van der Waals surface area contributed by atoms with Gasteiger partial charge in [-0.3, -0.25) is 4.99 Å². The van der Waals surface area contributed by atoms with Gasteiger partial charge in [-0.1, -0.05) is 20.8 Å². The fourth-order valence-corrected chi connectivity index (χ4v) is 5.49. The molecule has 4 heteroatoms. The number of aryl methyl sites for hydroxylation is 1. The molecule has 0 aromatic carbocycles. The molecule has 2 N–H and O–H groups in total. The number of nitrogens with one attached hydrogen (secondary N) is 1. The minimum absolute atomic E-state index is 0.325. The van der Waals surface area contributed by atoms with Crippen LogP contribution in [0.4, 0.5) is 0 Å². The molecular formula is C24H34N2O2. The number of carboxylic acids is 1. The van der Waals surface area contributed by atoms with Gasteiger partial charge in [0.2, 0.25) is 0 Å². The number of carboxylic acid groups (broad SMARTS) is 1. The summed E-state index contributed by atoms with van der Waals surface area (Å²) in [6.45, 7) is 15.1. The monoisotopic (exact) mass is 382 g/mol. The Balaban J connectivity index is 1.90. The van der Waals surface area contributed by atoms with Crippen LogP contribution < -0.4 is 0 Å². The SMILES string of the molecule is CC1=N/C(=C\c2[nH]c(C)c(CC3C(C)CC(C)CC3C)c2C)C(C)=C1C(=O)O. The van der Waals surface area contributed by atoms with Gasteiger partial charge in [-0.2, -0.15) is 0 Å². The second-order valence-electron chi connectivity index (χ2n) is 9.20. The van der Waals surface area contributed by atoms with Crippen molar-refractivity contribution >= 4 is 17.8 Å². The Morgan fingerprint density at radius 2 is 1.75 bits per heavy atom. The van der Waals surface area contributed by atoms with Crippen molar-refractivity contribution in [3.05, 3.63) is 39.4 Å². The zero-order valence-corrected chi connectivity index (χ0v) is 18.3. The first kappa shape index (κ1) is 20.6. The zero-order chi connectivity index (χ0) is 20.7. The molecule has 0 amide bonds. The Morgan fingerprint density at radius 3 is 2.29 bits per heavy atom. The molecule has 2 heterocycles. The average Bonchev–Trinajstić information content (AvgIpc) is 3.00. The van der Waals surface area contributed by atoms with Gasteiger partial charge in [-0.15, -0.1) is 0 Å². The van der Waals surface area contributed by atoms with Gasteiger partial charge in [-0.25, -0.2) is 4.79 Å². The van der Waals surface area contributed by atoms with Crippen LogP contribution in [0.15, 0.2) is 21.8 Å². The number of carbonyl (C=O) groups is 1. The standard InChI is InChI=1S/C24H34N2O2/c1-12-8-13(2)19(14(3)9-12)10-20-15(4)21(25-17(20)6)11-22-16(5)23(24(27)28)18(7)26-22/h11-14,19,25H,8-10H2,1-7H3,(H,27,28)/b22-11-. The van der Waals surface area contributed by atoms with Crippen molar-refractivity contribution in [2.45, 2.75) is 67.7 Å². The first-order valence-electron chi connectivity index (χ1n) is 10.5. The summed E-state index contributed by atoms with van der Waals surface area (Å²) in [5.41, 5.74) is 7.36. The molecule has 1 saturated carbocycles. The summed E-state index contributed by atoms with van der Waals surface area (Å²) in [6, 6.07) is 0. The van der Waals surface area contributed by atoms with E-state index in [1.165, 1.54) is 29.7 Å². The van der Waals surface area contributed by atoms with Gasteiger partial charge in [0.05, 0.1) is 17.0 Å². The fraction of sp³-hybridized carbons (Fsp3) is 0.583. The normalized spacial score (nSPS) is 29.5. The summed E-state index contributed by atoms with van der Waals surface area (Å²) < 4.78 is 0. The molecule has 1 aliphatic carbocycles. The van der Waals surface area contributed by atoms with E-state index in [1.807, 2.05) is 13.0 Å². The van der Waals surface area contributed by atoms with Gasteiger partial charge in [0.1, 0.15) is 0 Å². The van der Waals surface area contributed by atoms with Crippen LogP contribution in [0.2, 0.25) is 0 Å². The van der Waals surface area contributed by atoms with Crippen LogP contribution in [0.1, 0.15) is 70.0 Å². The van der Waals surface area contributed by atoms with Crippen molar-refractivity contribution in [1.29, 1.82) is 0 Å². The maximum absolute atomic E-state index is 11.5. The number of rotatable bonds is 4. The van der Waals surface area contributed by atoms with Crippen LogP contribution in [0, 0.1) is 37.5 Å². The number of aliphatic carboxylic acids is 1. The fourth-order valence-electron chi connectivity index (χ4n) is 5.49. The van der Waals surface area contributed by atoms with Gasteiger partial charge < -0.3 is 10.1 Å². The van der Waals surface area contributed by atoms with Crippen molar-refractivity contribution < 1.29 is 9.90 Å². The van der Waals surface area contributed by atoms with E-state index in [-0.39, 0.29) is 0 Å². The highest BCUT2D eigenvalue weighted by Gasteiger charge is 2.32. The zero-order valence-electron chi connectivity index (χ0n) is 18.3. The molecule has 0 spiro atoms. The van der Waals surface area contributed by atoms with Crippen molar-refractivity contribution in [1.82, 2.24) is 4.98 Å². The van der Waals surface area contributed by atoms with E-state index in [1.54, 1.807) is 6.92 Å². The molecular weight excluding hydrogens is 348 g/mol. The lowest BCUT2D eigenvalue weighted by Gasteiger charge is -2.38. The Kier molecular flexibility index (Phi) is 5.69. The van der Waals surface area contributed by atoms with Crippen LogP contribution in [0.25, 0.3) is 6.08 Å². The number of hydrogen-bond acceptors (Lipinski definition) is 2. The van der Waals surface area contributed by atoms with Crippen LogP contribution in [-0.4, -0.2) is 21.8 Å². The Bertz CT molecular complexity index is 873. The van der Waals surface area contributed by atoms with Gasteiger partial charge >= 0.3 is 5.97 Å². The second kappa shape index (κ2) is 7.73. The number of aromatic nitrogens is 1. The molecule has 2 aliphatic rings. The summed E-state index contributed by atoms with van der Waals surface area (Å²) in [5, 5.41) is 9.42. The summed E-state index contributed by atoms with van der Waals surface area (Å²) in [6.07, 6.45) is 5.77. The number of aliphatic imine (C=N–C) groups is 1. The van der Waals surface area contributed by atoms with Crippen LogP contribution in [0.3, 0.4) is 0 Å². The van der Waals surface area contributed by atoms with Gasteiger partial charge in [0.15, 0.2) is 0 Å². The summed E-state index contributed by atoms with van der Waals surface area (Å²) in [7, 11) is 0. The Morgan fingerprint density at radius 1 is 1.14 bits per heavy atom. The number of H-pyrrole nitrogens is 1. The maximum atomic E-state index is 11.5. The lowest BCUT2D eigenvalue weighted by atomic mass is 9.67.